The normalized spacial score (nSPS) is 12.9. The summed E-state index contributed by atoms with van der Waals surface area (Å²) >= 11 is 0. The molecule has 2 N–H and O–H groups in total. The molecule has 0 spiro atoms. The largest absolute Gasteiger partial charge is 0.454 e. The number of rotatable bonds is 5. The van der Waals surface area contributed by atoms with Crippen molar-refractivity contribution < 1.29 is 19.1 Å². The number of nitrogens with one attached hydrogen (secondary N) is 2. The molecule has 4 rings (SSSR count). The average Bonchev–Trinajstić information content (AvgIpc) is 3.22. The molecule has 0 aliphatic carbocycles. The fraction of sp³-hybridized carbons (Fsp3) is 0.136. The predicted octanol–water partition coefficient (Wildman–Crippen LogP) is 3.55. The Balaban J connectivity index is 1.45. The fourth-order valence-electron chi connectivity index (χ4n) is 2.97. The van der Waals surface area contributed by atoms with Gasteiger partial charge < -0.3 is 20.1 Å². The number of carbonyl (C=O) groups excluding carboxylic acids is 2. The van der Waals surface area contributed by atoms with E-state index in [1.165, 1.54) is 12.3 Å². The smallest absolute Gasteiger partial charge is 0.270 e. The molecule has 0 fully saturated rings. The third-order valence-electron chi connectivity index (χ3n) is 4.53. The van der Waals surface area contributed by atoms with Gasteiger partial charge in [0, 0.05) is 23.5 Å². The number of amides is 2. The van der Waals surface area contributed by atoms with E-state index in [9.17, 15) is 9.59 Å². The van der Waals surface area contributed by atoms with E-state index in [0.717, 1.165) is 5.56 Å². The highest BCUT2D eigenvalue weighted by Crippen LogP contribution is 2.34. The Morgan fingerprint density at radius 3 is 2.59 bits per heavy atom. The number of pyridine rings is 1. The van der Waals surface area contributed by atoms with E-state index in [0.29, 0.717) is 22.7 Å². The van der Waals surface area contributed by atoms with Gasteiger partial charge >= 0.3 is 0 Å². The van der Waals surface area contributed by atoms with Crippen molar-refractivity contribution in [3.05, 3.63) is 83.7 Å². The van der Waals surface area contributed by atoms with Gasteiger partial charge in [0.15, 0.2) is 11.5 Å². The Kier molecular flexibility index (Phi) is 5.11. The molecule has 1 unspecified atom stereocenters. The number of hydrogen-bond acceptors (Lipinski definition) is 5. The van der Waals surface area contributed by atoms with Crippen LogP contribution in [0.25, 0.3) is 0 Å². The summed E-state index contributed by atoms with van der Waals surface area (Å²) in [6.45, 7) is 2.06. The lowest BCUT2D eigenvalue weighted by Crippen LogP contribution is -2.27. The van der Waals surface area contributed by atoms with Crippen molar-refractivity contribution in [3.63, 3.8) is 0 Å². The first-order valence-corrected chi connectivity index (χ1v) is 9.13. The molecule has 2 amide bonds. The van der Waals surface area contributed by atoms with Crippen LogP contribution in [0.2, 0.25) is 0 Å². The third kappa shape index (κ3) is 4.19. The molecular formula is C22H19N3O4. The fourth-order valence-corrected chi connectivity index (χ4v) is 2.97. The maximum atomic E-state index is 12.6. The second-order valence-electron chi connectivity index (χ2n) is 6.56. The summed E-state index contributed by atoms with van der Waals surface area (Å²) in [5.41, 5.74) is 2.05. The van der Waals surface area contributed by atoms with Crippen molar-refractivity contribution in [3.8, 4) is 11.5 Å². The van der Waals surface area contributed by atoms with Crippen LogP contribution < -0.4 is 20.1 Å². The lowest BCUT2D eigenvalue weighted by Gasteiger charge is -2.14. The zero-order valence-corrected chi connectivity index (χ0v) is 15.7. The van der Waals surface area contributed by atoms with Crippen LogP contribution in [0, 0.1) is 0 Å². The van der Waals surface area contributed by atoms with Crippen LogP contribution in [0.4, 0.5) is 5.69 Å². The minimum atomic E-state index is -0.351. The van der Waals surface area contributed by atoms with Gasteiger partial charge in [-0.05, 0) is 36.8 Å². The molecule has 146 valence electrons. The van der Waals surface area contributed by atoms with Crippen molar-refractivity contribution in [2.75, 3.05) is 12.1 Å². The van der Waals surface area contributed by atoms with Crippen LogP contribution >= 0.6 is 0 Å². The SMILES string of the molecule is CC(NC(=O)c1cc(C(=O)Nc2ccc3c(c2)OCO3)ccn1)c1ccccc1. The van der Waals surface area contributed by atoms with Crippen LogP contribution in [-0.4, -0.2) is 23.6 Å². The van der Waals surface area contributed by atoms with Gasteiger partial charge in [-0.25, -0.2) is 0 Å². The lowest BCUT2D eigenvalue weighted by molar-refractivity contribution is 0.0935. The molecule has 0 saturated carbocycles. The molecule has 7 nitrogen and oxygen atoms in total. The first-order valence-electron chi connectivity index (χ1n) is 9.13. The average molecular weight is 389 g/mol. The number of aromatic nitrogens is 1. The molecule has 0 bridgehead atoms. The molecule has 3 aromatic rings. The van der Waals surface area contributed by atoms with Gasteiger partial charge in [-0.15, -0.1) is 0 Å². The van der Waals surface area contributed by atoms with Gasteiger partial charge in [0.1, 0.15) is 5.69 Å². The second-order valence-corrected chi connectivity index (χ2v) is 6.56. The number of anilines is 1. The van der Waals surface area contributed by atoms with Gasteiger partial charge in [0.2, 0.25) is 6.79 Å². The van der Waals surface area contributed by atoms with E-state index >= 15 is 0 Å². The minimum Gasteiger partial charge on any atom is -0.454 e. The molecule has 7 heteroatoms. The summed E-state index contributed by atoms with van der Waals surface area (Å²) in [5, 5.41) is 5.68. The highest BCUT2D eigenvalue weighted by Gasteiger charge is 2.17. The minimum absolute atomic E-state index is 0.164. The standard InChI is InChI=1S/C22H19N3O4/c1-14(15-5-3-2-4-6-15)24-22(27)18-11-16(9-10-23-18)21(26)25-17-7-8-19-20(12-17)29-13-28-19/h2-12,14H,13H2,1H3,(H,24,27)(H,25,26). The lowest BCUT2D eigenvalue weighted by atomic mass is 10.1. The number of fused-ring (bicyclic) bond motifs is 1. The topological polar surface area (TPSA) is 89.6 Å². The number of benzene rings is 2. The molecule has 1 aliphatic rings. The number of ether oxygens (including phenoxy) is 2. The van der Waals surface area contributed by atoms with Crippen molar-refractivity contribution in [1.82, 2.24) is 10.3 Å². The van der Waals surface area contributed by atoms with Crippen molar-refractivity contribution in [1.29, 1.82) is 0 Å². The summed E-state index contributed by atoms with van der Waals surface area (Å²) in [6, 6.07) is 17.6. The maximum absolute atomic E-state index is 12.6. The zero-order valence-electron chi connectivity index (χ0n) is 15.7. The highest BCUT2D eigenvalue weighted by molar-refractivity contribution is 6.05. The van der Waals surface area contributed by atoms with Crippen LogP contribution in [0.1, 0.15) is 39.4 Å². The van der Waals surface area contributed by atoms with Crippen LogP contribution in [0.3, 0.4) is 0 Å². The Morgan fingerprint density at radius 1 is 0.966 bits per heavy atom. The highest BCUT2D eigenvalue weighted by atomic mass is 16.7. The Hall–Kier alpha value is -3.87. The van der Waals surface area contributed by atoms with Gasteiger partial charge in [0.25, 0.3) is 11.8 Å². The summed E-state index contributed by atoms with van der Waals surface area (Å²) in [4.78, 5) is 29.2. The summed E-state index contributed by atoms with van der Waals surface area (Å²) in [6.07, 6.45) is 1.44. The number of hydrogen-bond donors (Lipinski definition) is 2. The predicted molar refractivity (Wildman–Crippen MR) is 107 cm³/mol. The summed E-state index contributed by atoms with van der Waals surface area (Å²) in [7, 11) is 0. The number of nitrogens with zero attached hydrogens (tertiary/aromatic N) is 1. The van der Waals surface area contributed by atoms with Crippen LogP contribution in [-0.2, 0) is 0 Å². The molecule has 2 aromatic carbocycles. The van der Waals surface area contributed by atoms with Crippen LogP contribution in [0.5, 0.6) is 11.5 Å². The molecule has 0 radical (unpaired) electrons. The maximum Gasteiger partial charge on any atom is 0.270 e. The van der Waals surface area contributed by atoms with Crippen molar-refractivity contribution in [2.24, 2.45) is 0 Å². The van der Waals surface area contributed by atoms with Crippen molar-refractivity contribution in [2.45, 2.75) is 13.0 Å². The van der Waals surface area contributed by atoms with E-state index in [-0.39, 0.29) is 30.3 Å². The first-order chi connectivity index (χ1) is 14.1. The molecule has 1 atom stereocenters. The summed E-state index contributed by atoms with van der Waals surface area (Å²) in [5.74, 6) is 0.515. The summed E-state index contributed by atoms with van der Waals surface area (Å²) < 4.78 is 10.6. The molecular weight excluding hydrogens is 370 g/mol. The third-order valence-corrected chi connectivity index (χ3v) is 4.53. The Bertz CT molecular complexity index is 1050. The first kappa shape index (κ1) is 18.5. The Labute approximate surface area is 167 Å². The quantitative estimate of drug-likeness (QED) is 0.697. The van der Waals surface area contributed by atoms with Crippen LogP contribution in [0.15, 0.2) is 66.9 Å². The Morgan fingerprint density at radius 2 is 1.76 bits per heavy atom. The van der Waals surface area contributed by atoms with E-state index in [2.05, 4.69) is 15.6 Å². The number of carbonyl (C=O) groups is 2. The van der Waals surface area contributed by atoms with Gasteiger partial charge in [-0.2, -0.15) is 0 Å². The molecule has 2 heterocycles. The van der Waals surface area contributed by atoms with E-state index in [1.54, 1.807) is 24.3 Å². The van der Waals surface area contributed by atoms with Gasteiger partial charge in [0.05, 0.1) is 6.04 Å². The molecule has 29 heavy (non-hydrogen) atoms. The van der Waals surface area contributed by atoms with E-state index in [1.807, 2.05) is 37.3 Å². The van der Waals surface area contributed by atoms with Crippen molar-refractivity contribution >= 4 is 17.5 Å². The van der Waals surface area contributed by atoms with E-state index < -0.39 is 0 Å². The monoisotopic (exact) mass is 389 g/mol. The zero-order chi connectivity index (χ0) is 20.2. The van der Waals surface area contributed by atoms with Gasteiger partial charge in [-0.3, -0.25) is 14.6 Å². The second kappa shape index (κ2) is 8.02. The van der Waals surface area contributed by atoms with Gasteiger partial charge in [-0.1, -0.05) is 30.3 Å². The van der Waals surface area contributed by atoms with E-state index in [4.69, 9.17) is 9.47 Å². The molecule has 0 saturated heterocycles. The molecule has 1 aliphatic heterocycles. The molecule has 1 aromatic heterocycles.